The van der Waals surface area contributed by atoms with E-state index in [1.54, 1.807) is 6.92 Å². The van der Waals surface area contributed by atoms with Gasteiger partial charge in [-0.15, -0.1) is 0 Å². The number of fused-ring (bicyclic) bond motifs is 1. The number of carboxylic acid groups (broad SMARTS) is 1. The molecule has 0 bridgehead atoms. The summed E-state index contributed by atoms with van der Waals surface area (Å²) in [5.74, 6) is -0.785. The summed E-state index contributed by atoms with van der Waals surface area (Å²) in [6, 6.07) is 7.85. The summed E-state index contributed by atoms with van der Waals surface area (Å²) in [5.41, 5.74) is 1.34. The van der Waals surface area contributed by atoms with Gasteiger partial charge in [-0.1, -0.05) is 18.2 Å². The van der Waals surface area contributed by atoms with Crippen molar-refractivity contribution in [1.29, 1.82) is 0 Å². The Morgan fingerprint density at radius 1 is 1.50 bits per heavy atom. The van der Waals surface area contributed by atoms with E-state index >= 15 is 0 Å². The minimum absolute atomic E-state index is 0.638. The molecule has 0 aliphatic carbocycles. The van der Waals surface area contributed by atoms with Crippen LogP contribution in [0.15, 0.2) is 24.3 Å². The van der Waals surface area contributed by atoms with Crippen molar-refractivity contribution in [3.8, 4) is 0 Å². The number of hydrogen-bond acceptors (Lipinski definition) is 2. The smallest absolute Gasteiger partial charge is 0.329 e. The van der Waals surface area contributed by atoms with E-state index in [0.717, 1.165) is 12.1 Å². The van der Waals surface area contributed by atoms with Crippen LogP contribution in [0.1, 0.15) is 18.9 Å². The standard InChI is InChI=1S/C11H13NO2/c1-11(10(13)14)7-6-8-4-2-3-5-9(8)12-11/h2-5,12H,6-7H2,1H3,(H,13,14)/t11-/m1/s1. The molecule has 1 aliphatic heterocycles. The Bertz CT molecular complexity index is 375. The molecule has 0 radical (unpaired) electrons. The number of carboxylic acids is 1. The number of para-hydroxylation sites is 1. The number of nitrogens with one attached hydrogen (secondary N) is 1. The highest BCUT2D eigenvalue weighted by molar-refractivity contribution is 5.83. The number of aryl methyl sites for hydroxylation is 1. The van der Waals surface area contributed by atoms with Crippen molar-refractivity contribution in [2.45, 2.75) is 25.3 Å². The molecule has 0 fully saturated rings. The van der Waals surface area contributed by atoms with Gasteiger partial charge in [0.2, 0.25) is 0 Å². The molecule has 1 aromatic rings. The van der Waals surface area contributed by atoms with Crippen LogP contribution >= 0.6 is 0 Å². The SMILES string of the molecule is C[C@]1(C(=O)O)CCc2ccccc2N1. The van der Waals surface area contributed by atoms with Gasteiger partial charge >= 0.3 is 5.97 Å². The van der Waals surface area contributed by atoms with Crippen LogP contribution < -0.4 is 5.32 Å². The molecular formula is C11H13NO2. The molecule has 1 aromatic carbocycles. The molecule has 0 saturated heterocycles. The fraction of sp³-hybridized carbons (Fsp3) is 0.364. The van der Waals surface area contributed by atoms with Crippen LogP contribution in [0.25, 0.3) is 0 Å². The molecule has 1 atom stereocenters. The van der Waals surface area contributed by atoms with E-state index in [4.69, 9.17) is 5.11 Å². The second kappa shape index (κ2) is 3.01. The van der Waals surface area contributed by atoms with Crippen molar-refractivity contribution < 1.29 is 9.90 Å². The summed E-state index contributed by atoms with van der Waals surface area (Å²) in [6.07, 6.45) is 1.46. The number of aliphatic carboxylic acids is 1. The van der Waals surface area contributed by atoms with Gasteiger partial charge in [0.1, 0.15) is 5.54 Å². The van der Waals surface area contributed by atoms with Crippen LogP contribution in [-0.2, 0) is 11.2 Å². The van der Waals surface area contributed by atoms with Crippen molar-refractivity contribution >= 4 is 11.7 Å². The molecule has 3 heteroatoms. The first kappa shape index (κ1) is 9.06. The monoisotopic (exact) mass is 191 g/mol. The Balaban J connectivity index is 2.34. The minimum atomic E-state index is -0.811. The van der Waals surface area contributed by atoms with Gasteiger partial charge < -0.3 is 10.4 Å². The molecule has 0 unspecified atom stereocenters. The van der Waals surface area contributed by atoms with Crippen molar-refractivity contribution in [2.75, 3.05) is 5.32 Å². The van der Waals surface area contributed by atoms with Gasteiger partial charge in [0.15, 0.2) is 0 Å². The van der Waals surface area contributed by atoms with E-state index in [-0.39, 0.29) is 0 Å². The molecule has 1 aliphatic rings. The normalized spacial score (nSPS) is 24.9. The lowest BCUT2D eigenvalue weighted by molar-refractivity contribution is -0.142. The zero-order chi connectivity index (χ0) is 10.2. The summed E-state index contributed by atoms with van der Waals surface area (Å²) in [7, 11) is 0. The molecule has 0 saturated carbocycles. The third-order valence-electron chi connectivity index (χ3n) is 2.79. The van der Waals surface area contributed by atoms with Crippen molar-refractivity contribution in [3.05, 3.63) is 29.8 Å². The highest BCUT2D eigenvalue weighted by atomic mass is 16.4. The number of benzene rings is 1. The summed E-state index contributed by atoms with van der Waals surface area (Å²) in [4.78, 5) is 11.0. The summed E-state index contributed by atoms with van der Waals surface area (Å²) < 4.78 is 0. The third-order valence-corrected chi connectivity index (χ3v) is 2.79. The van der Waals surface area contributed by atoms with Gasteiger partial charge in [0.05, 0.1) is 0 Å². The van der Waals surface area contributed by atoms with Crippen molar-refractivity contribution in [3.63, 3.8) is 0 Å². The summed E-state index contributed by atoms with van der Waals surface area (Å²) in [6.45, 7) is 1.73. The topological polar surface area (TPSA) is 49.3 Å². The van der Waals surface area contributed by atoms with E-state index in [9.17, 15) is 4.79 Å². The Morgan fingerprint density at radius 3 is 2.93 bits per heavy atom. The van der Waals surface area contributed by atoms with Crippen molar-refractivity contribution in [2.24, 2.45) is 0 Å². The Labute approximate surface area is 82.8 Å². The molecule has 2 N–H and O–H groups in total. The molecule has 3 nitrogen and oxygen atoms in total. The quantitative estimate of drug-likeness (QED) is 0.712. The van der Waals surface area contributed by atoms with Crippen LogP contribution in [0.2, 0.25) is 0 Å². The van der Waals surface area contributed by atoms with Crippen LogP contribution in [0, 0.1) is 0 Å². The number of rotatable bonds is 1. The predicted molar refractivity (Wildman–Crippen MR) is 54.4 cm³/mol. The Kier molecular flexibility index (Phi) is 1.95. The summed E-state index contributed by atoms with van der Waals surface area (Å²) >= 11 is 0. The average Bonchev–Trinajstić information content (AvgIpc) is 2.17. The molecule has 74 valence electrons. The van der Waals surface area contributed by atoms with Gasteiger partial charge in [-0.25, -0.2) is 4.79 Å². The van der Waals surface area contributed by atoms with E-state index in [0.29, 0.717) is 6.42 Å². The maximum Gasteiger partial charge on any atom is 0.329 e. The van der Waals surface area contributed by atoms with Gasteiger partial charge in [-0.05, 0) is 31.4 Å². The fourth-order valence-electron chi connectivity index (χ4n) is 1.77. The third kappa shape index (κ3) is 1.35. The first-order chi connectivity index (χ1) is 6.62. The number of hydrogen-bond donors (Lipinski definition) is 2. The fourth-order valence-corrected chi connectivity index (χ4v) is 1.77. The largest absolute Gasteiger partial charge is 0.480 e. The number of anilines is 1. The maximum atomic E-state index is 11.0. The van der Waals surface area contributed by atoms with Gasteiger partial charge in [-0.3, -0.25) is 0 Å². The predicted octanol–water partition coefficient (Wildman–Crippen LogP) is 1.89. The molecular weight excluding hydrogens is 178 g/mol. The van der Waals surface area contributed by atoms with Crippen LogP contribution in [0.4, 0.5) is 5.69 Å². The van der Waals surface area contributed by atoms with E-state index in [2.05, 4.69) is 5.32 Å². The van der Waals surface area contributed by atoms with Gasteiger partial charge in [0, 0.05) is 5.69 Å². The second-order valence-corrected chi connectivity index (χ2v) is 3.92. The molecule has 0 aromatic heterocycles. The molecule has 0 spiro atoms. The maximum absolute atomic E-state index is 11.0. The average molecular weight is 191 g/mol. The van der Waals surface area contributed by atoms with Crippen LogP contribution in [0.5, 0.6) is 0 Å². The second-order valence-electron chi connectivity index (χ2n) is 3.92. The minimum Gasteiger partial charge on any atom is -0.480 e. The lowest BCUT2D eigenvalue weighted by Gasteiger charge is -2.33. The van der Waals surface area contributed by atoms with E-state index in [1.165, 1.54) is 5.56 Å². The molecule has 14 heavy (non-hydrogen) atoms. The van der Waals surface area contributed by atoms with E-state index in [1.807, 2.05) is 24.3 Å². The van der Waals surface area contributed by atoms with Gasteiger partial charge in [0.25, 0.3) is 0 Å². The first-order valence-corrected chi connectivity index (χ1v) is 4.71. The van der Waals surface area contributed by atoms with Gasteiger partial charge in [-0.2, -0.15) is 0 Å². The highest BCUT2D eigenvalue weighted by Crippen LogP contribution is 2.30. The zero-order valence-electron chi connectivity index (χ0n) is 8.08. The number of carbonyl (C=O) groups is 1. The Morgan fingerprint density at radius 2 is 2.21 bits per heavy atom. The van der Waals surface area contributed by atoms with Crippen molar-refractivity contribution in [1.82, 2.24) is 0 Å². The molecule has 0 amide bonds. The van der Waals surface area contributed by atoms with Crippen LogP contribution in [0.3, 0.4) is 0 Å². The molecule has 1 heterocycles. The first-order valence-electron chi connectivity index (χ1n) is 4.71. The lowest BCUT2D eigenvalue weighted by atomic mass is 9.88. The zero-order valence-corrected chi connectivity index (χ0v) is 8.08. The van der Waals surface area contributed by atoms with Crippen LogP contribution in [-0.4, -0.2) is 16.6 Å². The summed E-state index contributed by atoms with van der Waals surface area (Å²) in [5, 5.41) is 12.1. The Hall–Kier alpha value is -1.51. The lowest BCUT2D eigenvalue weighted by Crippen LogP contribution is -2.46. The van der Waals surface area contributed by atoms with E-state index < -0.39 is 11.5 Å². The molecule has 2 rings (SSSR count). The highest BCUT2D eigenvalue weighted by Gasteiger charge is 2.35.